The van der Waals surface area contributed by atoms with Gasteiger partial charge in [0.1, 0.15) is 12.4 Å². The third-order valence-corrected chi connectivity index (χ3v) is 5.32. The van der Waals surface area contributed by atoms with Gasteiger partial charge in [0.25, 0.3) is 0 Å². The highest BCUT2D eigenvalue weighted by Crippen LogP contribution is 2.24. The molecule has 0 unspecified atom stereocenters. The van der Waals surface area contributed by atoms with Crippen LogP contribution in [0.25, 0.3) is 10.8 Å². The predicted octanol–water partition coefficient (Wildman–Crippen LogP) is 5.54. The second kappa shape index (κ2) is 9.26. The number of carbonyl (C=O) groups is 1. The van der Waals surface area contributed by atoms with Crippen LogP contribution >= 0.6 is 11.8 Å². The average molecular weight is 401 g/mol. The van der Waals surface area contributed by atoms with Crippen LogP contribution in [0, 0.1) is 0 Å². The third kappa shape index (κ3) is 5.36. The summed E-state index contributed by atoms with van der Waals surface area (Å²) in [6.07, 6.45) is 1.74. The summed E-state index contributed by atoms with van der Waals surface area (Å²) in [7, 11) is 0. The Morgan fingerprint density at radius 3 is 2.62 bits per heavy atom. The normalized spacial score (nSPS) is 10.6. The number of hydrogen-bond acceptors (Lipinski definition) is 4. The molecule has 0 bridgehead atoms. The summed E-state index contributed by atoms with van der Waals surface area (Å²) in [6.45, 7) is 0.385. The topological polar surface area (TPSA) is 51.2 Å². The number of fused-ring (bicyclic) bond motifs is 1. The lowest BCUT2D eigenvalue weighted by Crippen LogP contribution is -2.14. The number of benzene rings is 3. The Hall–Kier alpha value is -3.31. The smallest absolute Gasteiger partial charge is 0.234 e. The highest BCUT2D eigenvalue weighted by atomic mass is 32.2. The molecule has 4 nitrogen and oxygen atoms in total. The van der Waals surface area contributed by atoms with Gasteiger partial charge in [0.15, 0.2) is 0 Å². The van der Waals surface area contributed by atoms with Gasteiger partial charge in [-0.25, -0.2) is 0 Å². The van der Waals surface area contributed by atoms with Gasteiger partial charge in [0.05, 0.1) is 11.4 Å². The Labute approximate surface area is 173 Å². The van der Waals surface area contributed by atoms with E-state index in [9.17, 15) is 4.79 Å². The SMILES string of the molecule is O=C(CSc1ccc2ccccc2c1)Nc1cccc(OCc2ccccn2)c1. The van der Waals surface area contributed by atoms with Gasteiger partial charge in [-0.05, 0) is 47.2 Å². The minimum Gasteiger partial charge on any atom is -0.487 e. The number of nitrogens with one attached hydrogen (secondary N) is 1. The summed E-state index contributed by atoms with van der Waals surface area (Å²) in [6, 6.07) is 27.6. The molecule has 0 fully saturated rings. The van der Waals surface area contributed by atoms with Crippen LogP contribution in [0.15, 0.2) is 96.0 Å². The Morgan fingerprint density at radius 2 is 1.76 bits per heavy atom. The van der Waals surface area contributed by atoms with Crippen molar-refractivity contribution in [3.63, 3.8) is 0 Å². The number of hydrogen-bond donors (Lipinski definition) is 1. The Kier molecular flexibility index (Phi) is 6.07. The number of thioether (sulfide) groups is 1. The van der Waals surface area contributed by atoms with Crippen molar-refractivity contribution < 1.29 is 9.53 Å². The van der Waals surface area contributed by atoms with Gasteiger partial charge in [-0.1, -0.05) is 42.5 Å². The number of carbonyl (C=O) groups excluding carboxylic acids is 1. The Balaban J connectivity index is 1.31. The maximum Gasteiger partial charge on any atom is 0.234 e. The molecule has 1 heterocycles. The first-order chi connectivity index (χ1) is 14.3. The van der Waals surface area contributed by atoms with Gasteiger partial charge >= 0.3 is 0 Å². The average Bonchev–Trinajstić information content (AvgIpc) is 2.77. The van der Waals surface area contributed by atoms with Crippen LogP contribution in [0.5, 0.6) is 5.75 Å². The number of aromatic nitrogens is 1. The second-order valence-corrected chi connectivity index (χ2v) is 7.53. The maximum absolute atomic E-state index is 12.4. The molecule has 0 aliphatic heterocycles. The number of nitrogens with zero attached hydrogens (tertiary/aromatic N) is 1. The fourth-order valence-electron chi connectivity index (χ4n) is 2.91. The number of ether oxygens (including phenoxy) is 1. The molecular formula is C24H20N2O2S. The zero-order chi connectivity index (χ0) is 19.9. The van der Waals surface area contributed by atoms with E-state index in [0.717, 1.165) is 10.6 Å². The maximum atomic E-state index is 12.4. The van der Waals surface area contributed by atoms with Crippen molar-refractivity contribution in [2.45, 2.75) is 11.5 Å². The Bertz CT molecular complexity index is 1120. The first kappa shape index (κ1) is 19.0. The summed E-state index contributed by atoms with van der Waals surface area (Å²) >= 11 is 1.52. The molecule has 0 aliphatic carbocycles. The molecule has 29 heavy (non-hydrogen) atoms. The van der Waals surface area contributed by atoms with Crippen LogP contribution in [0.2, 0.25) is 0 Å². The third-order valence-electron chi connectivity index (χ3n) is 4.32. The van der Waals surface area contributed by atoms with Crippen LogP contribution < -0.4 is 10.1 Å². The fourth-order valence-corrected chi connectivity index (χ4v) is 3.65. The fraction of sp³-hybridized carbons (Fsp3) is 0.0833. The van der Waals surface area contributed by atoms with E-state index < -0.39 is 0 Å². The van der Waals surface area contributed by atoms with E-state index in [-0.39, 0.29) is 5.91 Å². The lowest BCUT2D eigenvalue weighted by Gasteiger charge is -2.09. The second-order valence-electron chi connectivity index (χ2n) is 6.48. The van der Waals surface area contributed by atoms with E-state index in [0.29, 0.717) is 23.8 Å². The molecule has 0 aliphatic rings. The van der Waals surface area contributed by atoms with E-state index >= 15 is 0 Å². The zero-order valence-corrected chi connectivity index (χ0v) is 16.6. The molecule has 144 valence electrons. The van der Waals surface area contributed by atoms with E-state index in [1.807, 2.05) is 60.7 Å². The molecule has 0 saturated carbocycles. The molecule has 1 amide bonds. The highest BCUT2D eigenvalue weighted by Gasteiger charge is 2.06. The van der Waals surface area contributed by atoms with Crippen molar-refractivity contribution in [3.05, 3.63) is 96.8 Å². The van der Waals surface area contributed by atoms with Crippen LogP contribution in [-0.4, -0.2) is 16.6 Å². The molecule has 0 atom stereocenters. The summed E-state index contributed by atoms with van der Waals surface area (Å²) in [4.78, 5) is 17.7. The van der Waals surface area contributed by atoms with Crippen LogP contribution in [0.3, 0.4) is 0 Å². The Morgan fingerprint density at radius 1 is 0.897 bits per heavy atom. The van der Waals surface area contributed by atoms with Crippen molar-refractivity contribution in [3.8, 4) is 5.75 Å². The van der Waals surface area contributed by atoms with E-state index in [2.05, 4.69) is 34.6 Å². The lowest BCUT2D eigenvalue weighted by atomic mass is 10.1. The standard InChI is InChI=1S/C24H20N2O2S/c27-24(17-29-23-12-11-18-6-1-2-7-19(18)14-23)26-20-9-5-10-22(15-20)28-16-21-8-3-4-13-25-21/h1-15H,16-17H2,(H,26,27). The summed E-state index contributed by atoms with van der Waals surface area (Å²) in [5.41, 5.74) is 1.57. The molecule has 3 aromatic carbocycles. The van der Waals surface area contributed by atoms with Gasteiger partial charge in [-0.15, -0.1) is 11.8 Å². The van der Waals surface area contributed by atoms with Gasteiger partial charge in [0, 0.05) is 22.8 Å². The largest absolute Gasteiger partial charge is 0.487 e. The van der Waals surface area contributed by atoms with Crippen molar-refractivity contribution in [2.24, 2.45) is 0 Å². The molecule has 0 saturated heterocycles. The minimum atomic E-state index is -0.0509. The van der Waals surface area contributed by atoms with Crippen LogP contribution in [-0.2, 0) is 11.4 Å². The molecule has 4 rings (SSSR count). The molecule has 1 aromatic heterocycles. The van der Waals surface area contributed by atoms with E-state index in [1.54, 1.807) is 6.20 Å². The molecular weight excluding hydrogens is 380 g/mol. The van der Waals surface area contributed by atoms with Crippen molar-refractivity contribution in [2.75, 3.05) is 11.1 Å². The van der Waals surface area contributed by atoms with Gasteiger partial charge in [-0.2, -0.15) is 0 Å². The quantitative estimate of drug-likeness (QED) is 0.414. The number of amides is 1. The van der Waals surface area contributed by atoms with Gasteiger partial charge in [-0.3, -0.25) is 9.78 Å². The van der Waals surface area contributed by atoms with Gasteiger partial charge in [0.2, 0.25) is 5.91 Å². The number of anilines is 1. The first-order valence-electron chi connectivity index (χ1n) is 9.30. The lowest BCUT2D eigenvalue weighted by molar-refractivity contribution is -0.113. The highest BCUT2D eigenvalue weighted by molar-refractivity contribution is 8.00. The molecule has 0 spiro atoms. The van der Waals surface area contributed by atoms with E-state index in [1.165, 1.54) is 22.5 Å². The molecule has 1 N–H and O–H groups in total. The van der Waals surface area contributed by atoms with Crippen molar-refractivity contribution in [1.82, 2.24) is 4.98 Å². The molecule has 5 heteroatoms. The van der Waals surface area contributed by atoms with Crippen molar-refractivity contribution >= 4 is 34.1 Å². The summed E-state index contributed by atoms with van der Waals surface area (Å²) in [5, 5.41) is 5.31. The molecule has 4 aromatic rings. The zero-order valence-electron chi connectivity index (χ0n) is 15.7. The predicted molar refractivity (Wildman–Crippen MR) is 118 cm³/mol. The molecule has 0 radical (unpaired) electrons. The van der Waals surface area contributed by atoms with Crippen LogP contribution in [0.4, 0.5) is 5.69 Å². The summed E-state index contributed by atoms with van der Waals surface area (Å²) < 4.78 is 5.77. The number of pyridine rings is 1. The summed E-state index contributed by atoms with van der Waals surface area (Å²) in [5.74, 6) is 0.984. The first-order valence-corrected chi connectivity index (χ1v) is 10.3. The van der Waals surface area contributed by atoms with Crippen LogP contribution in [0.1, 0.15) is 5.69 Å². The monoisotopic (exact) mass is 400 g/mol. The van der Waals surface area contributed by atoms with E-state index in [4.69, 9.17) is 4.74 Å². The minimum absolute atomic E-state index is 0.0509. The van der Waals surface area contributed by atoms with Gasteiger partial charge < -0.3 is 10.1 Å². The number of rotatable bonds is 7. The van der Waals surface area contributed by atoms with Crippen molar-refractivity contribution in [1.29, 1.82) is 0 Å².